The number of hydrogen-bond donors (Lipinski definition) is 0. The van der Waals surface area contributed by atoms with Gasteiger partial charge < -0.3 is 4.42 Å². The first-order chi connectivity index (χ1) is 8.82. The summed E-state index contributed by atoms with van der Waals surface area (Å²) >= 11 is 0. The highest BCUT2D eigenvalue weighted by atomic mass is 32.2. The van der Waals surface area contributed by atoms with Gasteiger partial charge in [-0.3, -0.25) is 4.31 Å². The first-order valence-electron chi connectivity index (χ1n) is 5.82. The minimum Gasteiger partial charge on any atom is -0.465 e. The van der Waals surface area contributed by atoms with Crippen LogP contribution in [0.4, 0.5) is 5.82 Å². The summed E-state index contributed by atoms with van der Waals surface area (Å²) < 4.78 is 31.5. The molecule has 0 N–H and O–H groups in total. The number of aryl methyl sites for hydroxylation is 3. The molecule has 2 rings (SSSR count). The molecule has 0 amide bonds. The van der Waals surface area contributed by atoms with Crippen LogP contribution in [0.1, 0.15) is 17.2 Å². The molecule has 0 saturated heterocycles. The summed E-state index contributed by atoms with van der Waals surface area (Å²) in [6, 6.07) is 6.78. The van der Waals surface area contributed by atoms with Gasteiger partial charge in [-0.15, -0.1) is 0 Å². The number of rotatable bonds is 3. The molecule has 0 aromatic carbocycles. The Morgan fingerprint density at radius 2 is 1.89 bits per heavy atom. The molecule has 0 saturated carbocycles. The predicted octanol–water partition coefficient (Wildman–Crippen LogP) is 2.42. The third kappa shape index (κ3) is 2.49. The van der Waals surface area contributed by atoms with E-state index in [2.05, 4.69) is 4.98 Å². The highest BCUT2D eigenvalue weighted by molar-refractivity contribution is 7.92. The summed E-state index contributed by atoms with van der Waals surface area (Å²) in [7, 11) is -2.16. The lowest BCUT2D eigenvalue weighted by Crippen LogP contribution is -2.27. The first kappa shape index (κ1) is 13.6. The van der Waals surface area contributed by atoms with Gasteiger partial charge in [0.05, 0.1) is 0 Å². The van der Waals surface area contributed by atoms with Crippen molar-refractivity contribution in [3.8, 4) is 0 Å². The Bertz CT molecular complexity index is 704. The van der Waals surface area contributed by atoms with Crippen molar-refractivity contribution in [2.45, 2.75) is 25.7 Å². The standard InChI is InChI=1S/C13H16N2O3S/c1-9-6-5-7-13(14-9)15(4)19(16,17)12-8-10(2)18-11(12)3/h5-8H,1-4H3. The van der Waals surface area contributed by atoms with Crippen LogP contribution in [0, 0.1) is 20.8 Å². The van der Waals surface area contributed by atoms with Gasteiger partial charge in [-0.2, -0.15) is 0 Å². The molecule has 2 aromatic heterocycles. The fourth-order valence-electron chi connectivity index (χ4n) is 1.84. The molecule has 0 unspecified atom stereocenters. The maximum Gasteiger partial charge on any atom is 0.268 e. The van der Waals surface area contributed by atoms with Crippen molar-refractivity contribution < 1.29 is 12.8 Å². The van der Waals surface area contributed by atoms with Crippen LogP contribution >= 0.6 is 0 Å². The zero-order valence-corrected chi connectivity index (χ0v) is 12.2. The second-order valence-electron chi connectivity index (χ2n) is 4.39. The highest BCUT2D eigenvalue weighted by Crippen LogP contribution is 2.25. The molecule has 0 spiro atoms. The quantitative estimate of drug-likeness (QED) is 0.866. The van der Waals surface area contributed by atoms with Gasteiger partial charge in [-0.05, 0) is 32.9 Å². The zero-order valence-electron chi connectivity index (χ0n) is 11.3. The molecule has 6 heteroatoms. The molecule has 0 aliphatic rings. The van der Waals surface area contributed by atoms with E-state index in [1.165, 1.54) is 13.1 Å². The van der Waals surface area contributed by atoms with Crippen LogP contribution in [-0.4, -0.2) is 20.4 Å². The largest absolute Gasteiger partial charge is 0.465 e. The number of nitrogens with zero attached hydrogens (tertiary/aromatic N) is 2. The molecule has 2 heterocycles. The van der Waals surface area contributed by atoms with Crippen molar-refractivity contribution in [1.29, 1.82) is 0 Å². The molecule has 5 nitrogen and oxygen atoms in total. The van der Waals surface area contributed by atoms with Crippen molar-refractivity contribution in [1.82, 2.24) is 4.98 Å². The van der Waals surface area contributed by atoms with Crippen molar-refractivity contribution in [3.05, 3.63) is 41.5 Å². The number of pyridine rings is 1. The molecule has 102 valence electrons. The Balaban J connectivity index is 2.48. The lowest BCUT2D eigenvalue weighted by molar-refractivity contribution is 0.496. The molecule has 19 heavy (non-hydrogen) atoms. The number of hydrogen-bond acceptors (Lipinski definition) is 4. The summed E-state index contributed by atoms with van der Waals surface area (Å²) in [6.07, 6.45) is 0. The SMILES string of the molecule is Cc1cccc(N(C)S(=O)(=O)c2cc(C)oc2C)n1. The minimum absolute atomic E-state index is 0.177. The van der Waals surface area contributed by atoms with Crippen LogP contribution in [0.15, 0.2) is 33.6 Å². The van der Waals surface area contributed by atoms with E-state index in [1.54, 1.807) is 26.0 Å². The van der Waals surface area contributed by atoms with Crippen LogP contribution in [-0.2, 0) is 10.0 Å². The van der Waals surface area contributed by atoms with E-state index in [4.69, 9.17) is 4.42 Å². The van der Waals surface area contributed by atoms with Crippen LogP contribution < -0.4 is 4.31 Å². The van der Waals surface area contributed by atoms with Crippen molar-refractivity contribution in [2.75, 3.05) is 11.4 Å². The molecular weight excluding hydrogens is 264 g/mol. The molecule has 0 aliphatic carbocycles. The van der Waals surface area contributed by atoms with E-state index < -0.39 is 10.0 Å². The van der Waals surface area contributed by atoms with Crippen molar-refractivity contribution in [3.63, 3.8) is 0 Å². The third-order valence-electron chi connectivity index (χ3n) is 2.83. The van der Waals surface area contributed by atoms with E-state index in [1.807, 2.05) is 13.0 Å². The molecule has 0 aliphatic heterocycles. The van der Waals surface area contributed by atoms with Crippen molar-refractivity contribution in [2.24, 2.45) is 0 Å². The summed E-state index contributed by atoms with van der Waals surface area (Å²) in [5.74, 6) is 1.34. The second-order valence-corrected chi connectivity index (χ2v) is 6.32. The van der Waals surface area contributed by atoms with Gasteiger partial charge >= 0.3 is 0 Å². The van der Waals surface area contributed by atoms with Crippen LogP contribution in [0.2, 0.25) is 0 Å². The Morgan fingerprint density at radius 3 is 2.42 bits per heavy atom. The van der Waals surface area contributed by atoms with E-state index in [0.29, 0.717) is 17.3 Å². The summed E-state index contributed by atoms with van der Waals surface area (Å²) in [6.45, 7) is 5.17. The molecular formula is C13H16N2O3S. The monoisotopic (exact) mass is 280 g/mol. The Morgan fingerprint density at radius 1 is 1.21 bits per heavy atom. The van der Waals surface area contributed by atoms with Gasteiger partial charge in [0, 0.05) is 18.8 Å². The van der Waals surface area contributed by atoms with Crippen molar-refractivity contribution >= 4 is 15.8 Å². The second kappa shape index (κ2) is 4.70. The van der Waals surface area contributed by atoms with E-state index in [-0.39, 0.29) is 4.90 Å². The highest BCUT2D eigenvalue weighted by Gasteiger charge is 2.26. The summed E-state index contributed by atoms with van der Waals surface area (Å²) in [4.78, 5) is 4.39. The maximum atomic E-state index is 12.5. The first-order valence-corrected chi connectivity index (χ1v) is 7.26. The third-order valence-corrected chi connectivity index (χ3v) is 4.70. The molecule has 0 fully saturated rings. The molecule has 0 atom stereocenters. The smallest absolute Gasteiger partial charge is 0.268 e. The number of anilines is 1. The predicted molar refractivity (Wildman–Crippen MR) is 72.7 cm³/mol. The molecule has 0 radical (unpaired) electrons. The van der Waals surface area contributed by atoms with E-state index in [9.17, 15) is 8.42 Å². The van der Waals surface area contributed by atoms with Crippen LogP contribution in [0.3, 0.4) is 0 Å². The molecule has 2 aromatic rings. The fraction of sp³-hybridized carbons (Fsp3) is 0.308. The summed E-state index contributed by atoms with van der Waals surface area (Å²) in [5.41, 5.74) is 0.764. The minimum atomic E-state index is -3.64. The number of sulfonamides is 1. The van der Waals surface area contributed by atoms with Gasteiger partial charge in [0.15, 0.2) is 0 Å². The van der Waals surface area contributed by atoms with Crippen LogP contribution in [0.25, 0.3) is 0 Å². The van der Waals surface area contributed by atoms with E-state index in [0.717, 1.165) is 10.00 Å². The molecule has 0 bridgehead atoms. The topological polar surface area (TPSA) is 63.4 Å². The maximum absolute atomic E-state index is 12.5. The van der Waals surface area contributed by atoms with Gasteiger partial charge in [0.2, 0.25) is 0 Å². The van der Waals surface area contributed by atoms with Gasteiger partial charge in [0.1, 0.15) is 22.2 Å². The Labute approximate surface area is 112 Å². The van der Waals surface area contributed by atoms with Gasteiger partial charge in [-0.1, -0.05) is 6.07 Å². The lowest BCUT2D eigenvalue weighted by atomic mass is 10.4. The van der Waals surface area contributed by atoms with E-state index >= 15 is 0 Å². The fourth-order valence-corrected chi connectivity index (χ4v) is 3.20. The zero-order chi connectivity index (χ0) is 14.2. The summed E-state index contributed by atoms with van der Waals surface area (Å²) in [5, 5.41) is 0. The van der Waals surface area contributed by atoms with Gasteiger partial charge in [-0.25, -0.2) is 13.4 Å². The van der Waals surface area contributed by atoms with Crippen LogP contribution in [0.5, 0.6) is 0 Å². The number of aromatic nitrogens is 1. The Kier molecular flexibility index (Phi) is 3.36. The lowest BCUT2D eigenvalue weighted by Gasteiger charge is -2.18. The average Bonchev–Trinajstić information content (AvgIpc) is 2.68. The normalized spacial score (nSPS) is 11.6. The van der Waals surface area contributed by atoms with Gasteiger partial charge in [0.25, 0.3) is 10.0 Å². The average molecular weight is 280 g/mol. The Hall–Kier alpha value is -1.82. The number of furan rings is 1.